The van der Waals surface area contributed by atoms with Crippen molar-refractivity contribution in [3.05, 3.63) is 95.1 Å². The monoisotopic (exact) mass is 444 g/mol. The molecule has 1 unspecified atom stereocenters. The van der Waals surface area contributed by atoms with Crippen molar-refractivity contribution in [1.82, 2.24) is 4.90 Å². The van der Waals surface area contributed by atoms with Crippen LogP contribution in [0.1, 0.15) is 44.3 Å². The van der Waals surface area contributed by atoms with E-state index in [0.717, 1.165) is 11.1 Å². The summed E-state index contributed by atoms with van der Waals surface area (Å²) in [6, 6.07) is 20.9. The highest BCUT2D eigenvalue weighted by Crippen LogP contribution is 2.34. The first-order chi connectivity index (χ1) is 16.0. The van der Waals surface area contributed by atoms with Crippen molar-refractivity contribution in [2.45, 2.75) is 19.0 Å². The first-order valence-corrected chi connectivity index (χ1v) is 10.5. The summed E-state index contributed by atoms with van der Waals surface area (Å²) in [5.41, 5.74) is 3.40. The van der Waals surface area contributed by atoms with E-state index in [9.17, 15) is 14.4 Å². The van der Waals surface area contributed by atoms with Crippen molar-refractivity contribution in [3.8, 4) is 5.75 Å². The molecule has 7 heteroatoms. The number of benzene rings is 3. The fourth-order valence-corrected chi connectivity index (χ4v) is 3.96. The maximum atomic E-state index is 13.1. The minimum absolute atomic E-state index is 0.0742. The van der Waals surface area contributed by atoms with E-state index in [1.165, 1.54) is 7.11 Å². The molecule has 1 atom stereocenters. The first kappa shape index (κ1) is 22.1. The minimum atomic E-state index is -0.454. The third-order valence-electron chi connectivity index (χ3n) is 5.69. The summed E-state index contributed by atoms with van der Waals surface area (Å²) in [7, 11) is 2.90. The van der Waals surface area contributed by atoms with Crippen molar-refractivity contribution in [3.63, 3.8) is 0 Å². The fourth-order valence-electron chi connectivity index (χ4n) is 3.96. The molecular weight excluding hydrogens is 420 g/mol. The second-order valence-corrected chi connectivity index (χ2v) is 7.70. The van der Waals surface area contributed by atoms with E-state index in [0.29, 0.717) is 29.1 Å². The Morgan fingerprint density at radius 1 is 0.970 bits per heavy atom. The number of nitrogens with one attached hydrogen (secondary N) is 1. The van der Waals surface area contributed by atoms with Crippen LogP contribution < -0.4 is 10.1 Å². The van der Waals surface area contributed by atoms with E-state index >= 15 is 0 Å². The number of fused-ring (bicyclic) bond motifs is 1. The van der Waals surface area contributed by atoms with Crippen LogP contribution in [0.5, 0.6) is 5.75 Å². The smallest absolute Gasteiger partial charge is 0.337 e. The SMILES string of the molecule is COC(=O)c1ccc(NC(=O)CC(c2ccc(OC)cc2)N2Cc3ccccc3C2=O)cc1. The van der Waals surface area contributed by atoms with Crippen LogP contribution in [0, 0.1) is 0 Å². The molecule has 0 aliphatic carbocycles. The van der Waals surface area contributed by atoms with Gasteiger partial charge in [0.1, 0.15) is 5.75 Å². The van der Waals surface area contributed by atoms with Gasteiger partial charge in [-0.3, -0.25) is 9.59 Å². The lowest BCUT2D eigenvalue weighted by molar-refractivity contribution is -0.117. The molecule has 0 spiro atoms. The first-order valence-electron chi connectivity index (χ1n) is 10.5. The van der Waals surface area contributed by atoms with E-state index in [4.69, 9.17) is 9.47 Å². The third-order valence-corrected chi connectivity index (χ3v) is 5.69. The van der Waals surface area contributed by atoms with Gasteiger partial charge in [-0.2, -0.15) is 0 Å². The summed E-state index contributed by atoms with van der Waals surface area (Å²) in [6.45, 7) is 0.437. The van der Waals surface area contributed by atoms with Gasteiger partial charge in [0.25, 0.3) is 5.91 Å². The Balaban J connectivity index is 1.55. The zero-order chi connectivity index (χ0) is 23.4. The molecule has 0 aromatic heterocycles. The van der Waals surface area contributed by atoms with Gasteiger partial charge in [-0.25, -0.2) is 4.79 Å². The van der Waals surface area contributed by atoms with Crippen LogP contribution in [-0.2, 0) is 16.1 Å². The maximum absolute atomic E-state index is 13.1. The fraction of sp³-hybridized carbons (Fsp3) is 0.192. The number of amides is 2. The van der Waals surface area contributed by atoms with Crippen LogP contribution in [0.4, 0.5) is 5.69 Å². The number of ether oxygens (including phenoxy) is 2. The topological polar surface area (TPSA) is 84.9 Å². The highest BCUT2D eigenvalue weighted by atomic mass is 16.5. The number of esters is 1. The number of hydrogen-bond donors (Lipinski definition) is 1. The van der Waals surface area contributed by atoms with Gasteiger partial charge in [-0.05, 0) is 53.6 Å². The average Bonchev–Trinajstić information content (AvgIpc) is 3.19. The third kappa shape index (κ3) is 4.72. The molecular formula is C26H24N2O5. The molecule has 0 saturated heterocycles. The molecule has 0 bridgehead atoms. The lowest BCUT2D eigenvalue weighted by Gasteiger charge is -2.28. The molecule has 1 aliphatic heterocycles. The van der Waals surface area contributed by atoms with Crippen molar-refractivity contribution in [1.29, 1.82) is 0 Å². The number of rotatable bonds is 7. The molecule has 3 aromatic carbocycles. The summed E-state index contributed by atoms with van der Waals surface area (Å²) in [5, 5.41) is 2.85. The van der Waals surface area contributed by atoms with Crippen LogP contribution in [0.3, 0.4) is 0 Å². The van der Waals surface area contributed by atoms with Gasteiger partial charge in [0.2, 0.25) is 5.91 Å². The molecule has 0 fully saturated rings. The van der Waals surface area contributed by atoms with E-state index < -0.39 is 12.0 Å². The van der Waals surface area contributed by atoms with Gasteiger partial charge in [0.05, 0.1) is 32.2 Å². The number of methoxy groups -OCH3 is 2. The summed E-state index contributed by atoms with van der Waals surface area (Å²) in [5.74, 6) is -0.0877. The maximum Gasteiger partial charge on any atom is 0.337 e. The summed E-state index contributed by atoms with van der Waals surface area (Å²) in [4.78, 5) is 39.4. The molecule has 33 heavy (non-hydrogen) atoms. The normalized spacial score (nSPS) is 13.3. The van der Waals surface area contributed by atoms with Crippen LogP contribution in [0.25, 0.3) is 0 Å². The number of carbonyl (C=O) groups excluding carboxylic acids is 3. The van der Waals surface area contributed by atoms with Crippen molar-refractivity contribution < 1.29 is 23.9 Å². The largest absolute Gasteiger partial charge is 0.497 e. The summed E-state index contributed by atoms with van der Waals surface area (Å²) < 4.78 is 9.94. The Morgan fingerprint density at radius 3 is 2.30 bits per heavy atom. The standard InChI is InChI=1S/C26H24N2O5/c1-32-21-13-9-17(10-14-21)23(28-16-19-5-3-4-6-22(19)25(28)30)15-24(29)27-20-11-7-18(8-12-20)26(31)33-2/h3-14,23H,15-16H2,1-2H3,(H,27,29). The lowest BCUT2D eigenvalue weighted by atomic mass is 10.0. The Bertz CT molecular complexity index is 1170. The van der Waals surface area contributed by atoms with Gasteiger partial charge in [0.15, 0.2) is 0 Å². The zero-order valence-electron chi connectivity index (χ0n) is 18.4. The molecule has 0 radical (unpaired) electrons. The molecule has 3 aromatic rings. The molecule has 168 valence electrons. The van der Waals surface area contributed by atoms with E-state index in [2.05, 4.69) is 5.32 Å². The number of hydrogen-bond acceptors (Lipinski definition) is 5. The van der Waals surface area contributed by atoms with Crippen LogP contribution in [0.15, 0.2) is 72.8 Å². The molecule has 1 N–H and O–H groups in total. The molecule has 7 nitrogen and oxygen atoms in total. The molecule has 0 saturated carbocycles. The molecule has 2 amide bonds. The Hall–Kier alpha value is -4.13. The number of anilines is 1. The Kier molecular flexibility index (Phi) is 6.40. The predicted octanol–water partition coefficient (Wildman–Crippen LogP) is 4.21. The van der Waals surface area contributed by atoms with Crippen molar-refractivity contribution >= 4 is 23.5 Å². The van der Waals surface area contributed by atoms with Gasteiger partial charge < -0.3 is 19.7 Å². The quantitative estimate of drug-likeness (QED) is 0.552. The highest BCUT2D eigenvalue weighted by Gasteiger charge is 2.34. The summed E-state index contributed by atoms with van der Waals surface area (Å²) >= 11 is 0. The van der Waals surface area contributed by atoms with E-state index in [-0.39, 0.29) is 18.2 Å². The highest BCUT2D eigenvalue weighted by molar-refractivity contribution is 5.99. The average molecular weight is 444 g/mol. The van der Waals surface area contributed by atoms with Crippen molar-refractivity contribution in [2.24, 2.45) is 0 Å². The Labute approximate surface area is 191 Å². The minimum Gasteiger partial charge on any atom is -0.497 e. The second kappa shape index (κ2) is 9.56. The van der Waals surface area contributed by atoms with E-state index in [1.54, 1.807) is 36.3 Å². The zero-order valence-corrected chi connectivity index (χ0v) is 18.4. The number of carbonyl (C=O) groups is 3. The van der Waals surface area contributed by atoms with Gasteiger partial charge >= 0.3 is 5.97 Å². The molecule has 1 aliphatic rings. The van der Waals surface area contributed by atoms with Gasteiger partial charge in [-0.1, -0.05) is 30.3 Å². The summed E-state index contributed by atoms with van der Waals surface area (Å²) in [6.07, 6.45) is 0.0742. The van der Waals surface area contributed by atoms with E-state index in [1.807, 2.05) is 48.5 Å². The molecule has 1 heterocycles. The molecule has 4 rings (SSSR count). The second-order valence-electron chi connectivity index (χ2n) is 7.70. The number of nitrogens with zero attached hydrogens (tertiary/aromatic N) is 1. The van der Waals surface area contributed by atoms with Crippen molar-refractivity contribution in [2.75, 3.05) is 19.5 Å². The predicted molar refractivity (Wildman–Crippen MR) is 123 cm³/mol. The van der Waals surface area contributed by atoms with Crippen LogP contribution >= 0.6 is 0 Å². The Morgan fingerprint density at radius 2 is 1.67 bits per heavy atom. The van der Waals surface area contributed by atoms with Gasteiger partial charge in [0, 0.05) is 17.8 Å². The van der Waals surface area contributed by atoms with Crippen LogP contribution in [-0.4, -0.2) is 36.9 Å². The van der Waals surface area contributed by atoms with Crippen LogP contribution in [0.2, 0.25) is 0 Å². The van der Waals surface area contributed by atoms with Gasteiger partial charge in [-0.15, -0.1) is 0 Å². The lowest BCUT2D eigenvalue weighted by Crippen LogP contribution is -2.32.